The van der Waals surface area contributed by atoms with E-state index >= 15 is 0 Å². The van der Waals surface area contributed by atoms with Gasteiger partial charge in [0.15, 0.2) is 0 Å². The molecule has 1 unspecified atom stereocenters. The lowest BCUT2D eigenvalue weighted by molar-refractivity contribution is 0.309. The van der Waals surface area contributed by atoms with Crippen molar-refractivity contribution in [1.82, 2.24) is 4.90 Å². The highest BCUT2D eigenvalue weighted by Gasteiger charge is 2.20. The highest BCUT2D eigenvalue weighted by molar-refractivity contribution is 14.1. The average molecular weight is 604 g/mol. The molecule has 3 aromatic rings. The average Bonchev–Trinajstić information content (AvgIpc) is 3.38. The number of likely N-dealkylation sites (N-methyl/N-ethyl adjacent to an activating group) is 1. The molecule has 5 nitrogen and oxygen atoms in total. The van der Waals surface area contributed by atoms with Crippen molar-refractivity contribution in [3.8, 4) is 0 Å². The molecule has 0 amide bonds. The van der Waals surface area contributed by atoms with Crippen molar-refractivity contribution in [3.63, 3.8) is 0 Å². The number of halogens is 1. The Balaban J connectivity index is 1.84. The van der Waals surface area contributed by atoms with Crippen LogP contribution in [0.4, 0.5) is 17.1 Å². The molecule has 4 N–H and O–H groups in total. The lowest BCUT2D eigenvalue weighted by Crippen LogP contribution is -2.40. The van der Waals surface area contributed by atoms with Crippen LogP contribution in [-0.2, 0) is 6.42 Å². The third kappa shape index (κ3) is 7.69. The van der Waals surface area contributed by atoms with E-state index in [1.54, 1.807) is 11.3 Å². The summed E-state index contributed by atoms with van der Waals surface area (Å²) in [7, 11) is 0. The molecule has 0 saturated carbocycles. The fourth-order valence-electron chi connectivity index (χ4n) is 4.04. The van der Waals surface area contributed by atoms with Gasteiger partial charge in [-0.1, -0.05) is 80.6 Å². The maximum Gasteiger partial charge on any atom is 0.141 e. The Bertz CT molecular complexity index is 1080. The molecule has 0 fully saturated rings. The fraction of sp³-hybridized carbons (Fsp3) is 0.393. The Labute approximate surface area is 228 Å². The van der Waals surface area contributed by atoms with Gasteiger partial charge in [0.25, 0.3) is 0 Å². The normalized spacial score (nSPS) is 12.9. The molecule has 1 heterocycles. The van der Waals surface area contributed by atoms with E-state index < -0.39 is 0 Å². The molecule has 188 valence electrons. The summed E-state index contributed by atoms with van der Waals surface area (Å²) in [5, 5.41) is 2.00. The molecule has 0 aliphatic heterocycles. The minimum absolute atomic E-state index is 0.265. The van der Waals surface area contributed by atoms with Crippen LogP contribution in [0.1, 0.15) is 49.6 Å². The number of nitrogens with zero attached hydrogens (tertiary/aromatic N) is 3. The van der Waals surface area contributed by atoms with Gasteiger partial charge in [-0.15, -0.1) is 11.3 Å². The number of benzene rings is 2. The van der Waals surface area contributed by atoms with Gasteiger partial charge in [0.1, 0.15) is 5.84 Å². The highest BCUT2D eigenvalue weighted by atomic mass is 127. The van der Waals surface area contributed by atoms with Crippen molar-refractivity contribution in [2.75, 3.05) is 36.8 Å². The molecule has 7 heteroatoms. The second-order valence-electron chi connectivity index (χ2n) is 8.97. The SMILES string of the molecule is CCN(CC)CCN(c1ccc(N=C(N)c2cccs2)cc1N)C(I)Cc1ccc(C(C)C)cc1. The van der Waals surface area contributed by atoms with E-state index in [0.717, 1.165) is 54.5 Å². The van der Waals surface area contributed by atoms with E-state index in [-0.39, 0.29) is 4.05 Å². The number of alkyl halides is 1. The first-order valence-corrected chi connectivity index (χ1v) is 14.4. The van der Waals surface area contributed by atoms with Crippen LogP contribution in [0.15, 0.2) is 65.0 Å². The second kappa shape index (κ2) is 13.3. The summed E-state index contributed by atoms with van der Waals surface area (Å²) in [6.45, 7) is 12.9. The zero-order valence-corrected chi connectivity index (χ0v) is 24.2. The van der Waals surface area contributed by atoms with Crippen LogP contribution < -0.4 is 16.4 Å². The molecule has 1 atom stereocenters. The van der Waals surface area contributed by atoms with Gasteiger partial charge in [0.2, 0.25) is 0 Å². The van der Waals surface area contributed by atoms with E-state index in [1.165, 1.54) is 11.1 Å². The number of nitrogen functional groups attached to an aromatic ring is 1. The maximum atomic E-state index is 6.61. The summed E-state index contributed by atoms with van der Waals surface area (Å²) in [5.41, 5.74) is 18.1. The van der Waals surface area contributed by atoms with E-state index in [9.17, 15) is 0 Å². The van der Waals surface area contributed by atoms with Gasteiger partial charge in [0, 0.05) is 19.5 Å². The standard InChI is InChI=1S/C28H38IN5S/c1-5-33(6-2)15-16-34(27(29)18-21-9-11-22(12-10-21)20(3)4)25-14-13-23(19-24(25)30)32-28(31)26-8-7-17-35-26/h7-14,17,19-20,27H,5-6,15-16,18,30H2,1-4H3,(H2,31,32). The number of nitrogens with two attached hydrogens (primary N) is 2. The molecular weight excluding hydrogens is 565 g/mol. The fourth-order valence-corrected chi connectivity index (χ4v) is 5.75. The van der Waals surface area contributed by atoms with Crippen LogP contribution in [0.2, 0.25) is 0 Å². The number of hydrogen-bond acceptors (Lipinski definition) is 5. The highest BCUT2D eigenvalue weighted by Crippen LogP contribution is 2.32. The first-order chi connectivity index (χ1) is 16.8. The molecule has 2 aromatic carbocycles. The van der Waals surface area contributed by atoms with Crippen molar-refractivity contribution < 1.29 is 0 Å². The Morgan fingerprint density at radius 2 is 1.74 bits per heavy atom. The number of anilines is 2. The molecule has 1 aromatic heterocycles. The van der Waals surface area contributed by atoms with Gasteiger partial charge in [-0.3, -0.25) is 0 Å². The van der Waals surface area contributed by atoms with Gasteiger partial charge >= 0.3 is 0 Å². The van der Waals surface area contributed by atoms with Gasteiger partial charge in [-0.2, -0.15) is 0 Å². The topological polar surface area (TPSA) is 70.9 Å². The Kier molecular flexibility index (Phi) is 10.4. The minimum Gasteiger partial charge on any atom is -0.397 e. The van der Waals surface area contributed by atoms with E-state index in [1.807, 2.05) is 29.6 Å². The molecule has 0 aliphatic rings. The zero-order valence-electron chi connectivity index (χ0n) is 21.2. The summed E-state index contributed by atoms with van der Waals surface area (Å²) in [5.74, 6) is 1.06. The first-order valence-electron chi connectivity index (χ1n) is 12.3. The van der Waals surface area contributed by atoms with E-state index in [2.05, 4.69) is 95.4 Å². The quantitative estimate of drug-likeness (QED) is 0.0608. The molecule has 0 aliphatic carbocycles. The van der Waals surface area contributed by atoms with E-state index in [0.29, 0.717) is 11.8 Å². The van der Waals surface area contributed by atoms with E-state index in [4.69, 9.17) is 11.5 Å². The number of rotatable bonds is 12. The van der Waals surface area contributed by atoms with Gasteiger partial charge in [-0.25, -0.2) is 4.99 Å². The molecule has 0 radical (unpaired) electrons. The lowest BCUT2D eigenvalue weighted by Gasteiger charge is -2.33. The number of aliphatic imine (C=N–C) groups is 1. The number of hydrogen-bond donors (Lipinski definition) is 2. The second-order valence-corrected chi connectivity index (χ2v) is 11.4. The predicted octanol–water partition coefficient (Wildman–Crippen LogP) is 6.64. The third-order valence-corrected chi connectivity index (χ3v) is 8.29. The summed E-state index contributed by atoms with van der Waals surface area (Å²) in [6, 6.07) is 19.0. The van der Waals surface area contributed by atoms with Crippen molar-refractivity contribution in [1.29, 1.82) is 0 Å². The van der Waals surface area contributed by atoms with Gasteiger partial charge in [-0.05, 0) is 59.8 Å². The van der Waals surface area contributed by atoms with Crippen molar-refractivity contribution in [3.05, 3.63) is 76.0 Å². The van der Waals surface area contributed by atoms with Crippen LogP contribution in [0.3, 0.4) is 0 Å². The number of thiophene rings is 1. The summed E-state index contributed by atoms with van der Waals surface area (Å²) < 4.78 is 0.265. The minimum atomic E-state index is 0.265. The first kappa shape index (κ1) is 27.5. The monoisotopic (exact) mass is 603 g/mol. The lowest BCUT2D eigenvalue weighted by atomic mass is 10.0. The third-order valence-electron chi connectivity index (χ3n) is 6.28. The van der Waals surface area contributed by atoms with Crippen molar-refractivity contribution in [2.24, 2.45) is 10.7 Å². The van der Waals surface area contributed by atoms with Crippen LogP contribution in [0.5, 0.6) is 0 Å². The molecule has 0 bridgehead atoms. The molecule has 0 spiro atoms. The summed E-state index contributed by atoms with van der Waals surface area (Å²) >= 11 is 4.14. The van der Waals surface area contributed by atoms with Crippen molar-refractivity contribution in [2.45, 2.75) is 44.1 Å². The van der Waals surface area contributed by atoms with Crippen LogP contribution >= 0.6 is 33.9 Å². The smallest absolute Gasteiger partial charge is 0.141 e. The Morgan fingerprint density at radius 3 is 2.31 bits per heavy atom. The summed E-state index contributed by atoms with van der Waals surface area (Å²) in [6.07, 6.45) is 0.946. The van der Waals surface area contributed by atoms with Crippen molar-refractivity contribution >= 4 is 56.8 Å². The van der Waals surface area contributed by atoms with Crippen LogP contribution in [0.25, 0.3) is 0 Å². The summed E-state index contributed by atoms with van der Waals surface area (Å²) in [4.78, 5) is 10.4. The molecule has 0 saturated heterocycles. The predicted molar refractivity (Wildman–Crippen MR) is 163 cm³/mol. The molecule has 35 heavy (non-hydrogen) atoms. The largest absolute Gasteiger partial charge is 0.397 e. The van der Waals surface area contributed by atoms with Crippen LogP contribution in [0, 0.1) is 0 Å². The Morgan fingerprint density at radius 1 is 1.03 bits per heavy atom. The van der Waals surface area contributed by atoms with Gasteiger partial charge < -0.3 is 21.3 Å². The van der Waals surface area contributed by atoms with Crippen LogP contribution in [-0.4, -0.2) is 41.0 Å². The van der Waals surface area contributed by atoms with Gasteiger partial charge in [0.05, 0.1) is 26.0 Å². The molecule has 3 rings (SSSR count). The zero-order chi connectivity index (χ0) is 25.4. The number of amidine groups is 1. The Hall–Kier alpha value is -2.10. The maximum absolute atomic E-state index is 6.61. The molecular formula is C28H38IN5S.